The van der Waals surface area contributed by atoms with Crippen LogP contribution in [0.15, 0.2) is 73.1 Å². The zero-order chi connectivity index (χ0) is 17.5. The van der Waals surface area contributed by atoms with E-state index >= 15 is 0 Å². The van der Waals surface area contributed by atoms with Crippen molar-refractivity contribution in [2.75, 3.05) is 6.54 Å². The quantitative estimate of drug-likeness (QED) is 0.702. The van der Waals surface area contributed by atoms with Gasteiger partial charge in [0, 0.05) is 6.20 Å². The van der Waals surface area contributed by atoms with Crippen LogP contribution in [-0.2, 0) is 16.1 Å². The van der Waals surface area contributed by atoms with Crippen LogP contribution < -0.4 is 5.32 Å². The third kappa shape index (κ3) is 4.54. The summed E-state index contributed by atoms with van der Waals surface area (Å²) in [6.07, 6.45) is 3.07. The van der Waals surface area contributed by atoms with Crippen molar-refractivity contribution >= 4 is 11.9 Å². The lowest BCUT2D eigenvalue weighted by Crippen LogP contribution is -2.30. The van der Waals surface area contributed by atoms with E-state index in [1.807, 2.05) is 60.7 Å². The van der Waals surface area contributed by atoms with Crippen LogP contribution in [0.5, 0.6) is 0 Å². The summed E-state index contributed by atoms with van der Waals surface area (Å²) in [6, 6.07) is 18.8. The Morgan fingerprint density at radius 3 is 2.40 bits per heavy atom. The number of ether oxygens (including phenoxy) is 1. The smallest absolute Gasteiger partial charge is 0.325 e. The molecule has 0 fully saturated rings. The van der Waals surface area contributed by atoms with Crippen molar-refractivity contribution in [2.24, 2.45) is 0 Å². The minimum atomic E-state index is -0.493. The summed E-state index contributed by atoms with van der Waals surface area (Å²) in [5.74, 6) is -0.869. The van der Waals surface area contributed by atoms with Gasteiger partial charge in [-0.3, -0.25) is 9.59 Å². The van der Waals surface area contributed by atoms with Gasteiger partial charge in [0.1, 0.15) is 13.2 Å². The van der Waals surface area contributed by atoms with Crippen molar-refractivity contribution in [3.8, 4) is 5.69 Å². The molecular weight excluding hydrogens is 318 g/mol. The second kappa shape index (κ2) is 7.92. The van der Waals surface area contributed by atoms with Gasteiger partial charge >= 0.3 is 5.97 Å². The highest BCUT2D eigenvalue weighted by Gasteiger charge is 2.11. The van der Waals surface area contributed by atoms with E-state index in [0.717, 1.165) is 11.3 Å². The Hall–Kier alpha value is -3.41. The summed E-state index contributed by atoms with van der Waals surface area (Å²) in [5, 5.41) is 6.68. The molecule has 1 N–H and O–H groups in total. The maximum atomic E-state index is 12.1. The molecule has 0 radical (unpaired) electrons. The molecule has 0 atom stereocenters. The summed E-state index contributed by atoms with van der Waals surface area (Å²) in [5.41, 5.74) is 2.12. The second-order valence-electron chi connectivity index (χ2n) is 5.34. The average molecular weight is 335 g/mol. The summed E-state index contributed by atoms with van der Waals surface area (Å²) in [4.78, 5) is 23.8. The highest BCUT2D eigenvalue weighted by atomic mass is 16.5. The predicted molar refractivity (Wildman–Crippen MR) is 92.1 cm³/mol. The fourth-order valence-corrected chi connectivity index (χ4v) is 2.21. The van der Waals surface area contributed by atoms with E-state index in [1.54, 1.807) is 10.9 Å². The van der Waals surface area contributed by atoms with E-state index in [0.29, 0.717) is 5.56 Å². The predicted octanol–water partition coefficient (Wildman–Crippen LogP) is 2.35. The molecule has 1 heterocycles. The van der Waals surface area contributed by atoms with Crippen LogP contribution in [0.25, 0.3) is 5.69 Å². The topological polar surface area (TPSA) is 73.2 Å². The number of para-hydroxylation sites is 1. The highest BCUT2D eigenvalue weighted by molar-refractivity contribution is 5.95. The molecule has 6 nitrogen and oxygen atoms in total. The van der Waals surface area contributed by atoms with Crippen molar-refractivity contribution in [1.82, 2.24) is 15.1 Å². The van der Waals surface area contributed by atoms with E-state index in [2.05, 4.69) is 10.4 Å². The van der Waals surface area contributed by atoms with Gasteiger partial charge in [0.05, 0.1) is 17.4 Å². The van der Waals surface area contributed by atoms with E-state index in [4.69, 9.17) is 4.74 Å². The average Bonchev–Trinajstić information content (AvgIpc) is 3.16. The minimum absolute atomic E-state index is 0.182. The lowest BCUT2D eigenvalue weighted by Gasteiger charge is -2.06. The van der Waals surface area contributed by atoms with Gasteiger partial charge in [0.25, 0.3) is 5.91 Å². The number of benzene rings is 2. The largest absolute Gasteiger partial charge is 0.460 e. The third-order valence-corrected chi connectivity index (χ3v) is 3.50. The summed E-state index contributed by atoms with van der Waals surface area (Å²) in [6.45, 7) is -0.0103. The third-order valence-electron chi connectivity index (χ3n) is 3.50. The summed E-state index contributed by atoms with van der Waals surface area (Å²) in [7, 11) is 0. The number of carbonyl (C=O) groups excluding carboxylic acids is 2. The molecule has 0 aliphatic rings. The summed E-state index contributed by atoms with van der Waals surface area (Å²) < 4.78 is 6.71. The molecular formula is C19H17N3O3. The number of hydrogen-bond acceptors (Lipinski definition) is 4. The molecule has 6 heteroatoms. The minimum Gasteiger partial charge on any atom is -0.460 e. The maximum Gasteiger partial charge on any atom is 0.325 e. The van der Waals surface area contributed by atoms with Gasteiger partial charge < -0.3 is 10.1 Å². The molecule has 1 amide bonds. The second-order valence-corrected chi connectivity index (χ2v) is 5.34. The zero-order valence-corrected chi connectivity index (χ0v) is 13.5. The molecule has 3 rings (SSSR count). The van der Waals surface area contributed by atoms with Crippen molar-refractivity contribution in [1.29, 1.82) is 0 Å². The Bertz CT molecular complexity index is 845. The number of carbonyl (C=O) groups is 2. The Labute approximate surface area is 145 Å². The first kappa shape index (κ1) is 16.4. The molecule has 0 saturated carbocycles. The van der Waals surface area contributed by atoms with Crippen LogP contribution in [-0.4, -0.2) is 28.2 Å². The van der Waals surface area contributed by atoms with E-state index in [-0.39, 0.29) is 19.1 Å². The van der Waals surface area contributed by atoms with Gasteiger partial charge in [0.15, 0.2) is 0 Å². The number of nitrogens with one attached hydrogen (secondary N) is 1. The molecule has 0 spiro atoms. The molecule has 0 aliphatic carbocycles. The maximum absolute atomic E-state index is 12.1. The fraction of sp³-hybridized carbons (Fsp3) is 0.105. The van der Waals surface area contributed by atoms with Crippen LogP contribution in [0, 0.1) is 0 Å². The first-order valence-corrected chi connectivity index (χ1v) is 7.80. The van der Waals surface area contributed by atoms with E-state index < -0.39 is 5.97 Å². The molecule has 1 aromatic heterocycles. The van der Waals surface area contributed by atoms with Gasteiger partial charge in [-0.1, -0.05) is 48.5 Å². The van der Waals surface area contributed by atoms with Gasteiger partial charge in [-0.05, 0) is 17.7 Å². The number of hydrogen-bond donors (Lipinski definition) is 1. The molecule has 0 unspecified atom stereocenters. The van der Waals surface area contributed by atoms with Crippen LogP contribution in [0.3, 0.4) is 0 Å². The molecule has 0 aliphatic heterocycles. The molecule has 2 aromatic carbocycles. The first-order valence-electron chi connectivity index (χ1n) is 7.80. The molecule has 0 saturated heterocycles. The Kier molecular flexibility index (Phi) is 5.21. The highest BCUT2D eigenvalue weighted by Crippen LogP contribution is 2.07. The van der Waals surface area contributed by atoms with Crippen molar-refractivity contribution < 1.29 is 14.3 Å². The molecule has 0 bridgehead atoms. The molecule has 25 heavy (non-hydrogen) atoms. The molecule has 3 aromatic rings. The van der Waals surface area contributed by atoms with Gasteiger partial charge in [0.2, 0.25) is 0 Å². The zero-order valence-electron chi connectivity index (χ0n) is 13.5. The van der Waals surface area contributed by atoms with Crippen LogP contribution in [0.2, 0.25) is 0 Å². The Balaban J connectivity index is 1.49. The van der Waals surface area contributed by atoms with Crippen molar-refractivity contribution in [3.05, 3.63) is 84.2 Å². The summed E-state index contributed by atoms with van der Waals surface area (Å²) >= 11 is 0. The number of aromatic nitrogens is 2. The number of amides is 1. The van der Waals surface area contributed by atoms with Crippen LogP contribution in [0.1, 0.15) is 15.9 Å². The van der Waals surface area contributed by atoms with E-state index in [1.165, 1.54) is 6.20 Å². The number of nitrogens with zero attached hydrogens (tertiary/aromatic N) is 2. The first-order chi connectivity index (χ1) is 12.2. The normalized spacial score (nSPS) is 10.2. The monoisotopic (exact) mass is 335 g/mol. The lowest BCUT2D eigenvalue weighted by atomic mass is 10.2. The molecule has 126 valence electrons. The van der Waals surface area contributed by atoms with E-state index in [9.17, 15) is 9.59 Å². The van der Waals surface area contributed by atoms with Crippen LogP contribution >= 0.6 is 0 Å². The van der Waals surface area contributed by atoms with Gasteiger partial charge in [-0.2, -0.15) is 5.10 Å². The Morgan fingerprint density at radius 1 is 1.00 bits per heavy atom. The number of rotatable bonds is 6. The van der Waals surface area contributed by atoms with Gasteiger partial charge in [-0.25, -0.2) is 4.68 Å². The van der Waals surface area contributed by atoms with Crippen LogP contribution in [0.4, 0.5) is 0 Å². The lowest BCUT2D eigenvalue weighted by molar-refractivity contribution is -0.143. The standard InChI is InChI=1S/C19H17N3O3/c23-18(25-14-15-7-3-1-4-8-15)12-20-19(24)16-11-21-22(13-16)17-9-5-2-6-10-17/h1-11,13H,12,14H2,(H,20,24). The SMILES string of the molecule is O=C(CNC(=O)c1cnn(-c2ccccc2)c1)OCc1ccccc1. The van der Waals surface area contributed by atoms with Crippen molar-refractivity contribution in [3.63, 3.8) is 0 Å². The Morgan fingerprint density at radius 2 is 1.68 bits per heavy atom. The van der Waals surface area contributed by atoms with Gasteiger partial charge in [-0.15, -0.1) is 0 Å². The number of esters is 1. The van der Waals surface area contributed by atoms with Crippen molar-refractivity contribution in [2.45, 2.75) is 6.61 Å². The fourth-order valence-electron chi connectivity index (χ4n) is 2.21.